The number of carbonyl (C=O) groups excluding carboxylic acids is 1. The van der Waals surface area contributed by atoms with Gasteiger partial charge in [-0.25, -0.2) is 4.39 Å². The number of tetrazole rings is 1. The molecule has 0 bridgehead atoms. The van der Waals surface area contributed by atoms with Gasteiger partial charge in [-0.3, -0.25) is 4.79 Å². The number of aromatic nitrogens is 4. The zero-order valence-electron chi connectivity index (χ0n) is 16.6. The van der Waals surface area contributed by atoms with Crippen LogP contribution in [0.1, 0.15) is 21.7 Å². The van der Waals surface area contributed by atoms with Gasteiger partial charge in [0.15, 0.2) is 5.82 Å². The third-order valence-electron chi connectivity index (χ3n) is 4.64. The fraction of sp³-hybridized carbons (Fsp3) is 0.130. The minimum Gasteiger partial charge on any atom is -0.352 e. The topological polar surface area (TPSA) is 72.7 Å². The van der Waals surface area contributed by atoms with E-state index in [4.69, 9.17) is 0 Å². The molecule has 1 heterocycles. The summed E-state index contributed by atoms with van der Waals surface area (Å²) in [5.74, 6) is 0.800. The quantitative estimate of drug-likeness (QED) is 0.424. The Balaban J connectivity index is 1.39. The molecule has 0 unspecified atom stereocenters. The third-order valence-corrected chi connectivity index (χ3v) is 5.71. The standard InChI is InChI=1S/C23H20FN5OS/c24-18-12-10-17(11-13-18)14-15-25-23(30)20-8-4-5-9-21(20)31-16-22-26-27-28-29(22)19-6-2-1-3-7-19/h1-13H,14-16H2,(H,25,30). The number of nitrogens with zero attached hydrogens (tertiary/aromatic N) is 4. The van der Waals surface area contributed by atoms with Gasteiger partial charge >= 0.3 is 0 Å². The molecular formula is C23H20FN5OS. The highest BCUT2D eigenvalue weighted by atomic mass is 32.2. The lowest BCUT2D eigenvalue weighted by Crippen LogP contribution is -2.26. The smallest absolute Gasteiger partial charge is 0.252 e. The van der Waals surface area contributed by atoms with Gasteiger partial charge in [-0.05, 0) is 58.8 Å². The minimum absolute atomic E-state index is 0.145. The number of nitrogens with one attached hydrogen (secondary N) is 1. The number of amides is 1. The molecule has 4 aromatic rings. The van der Waals surface area contributed by atoms with Gasteiger partial charge < -0.3 is 5.32 Å². The van der Waals surface area contributed by atoms with E-state index in [1.807, 2.05) is 48.5 Å². The van der Waals surface area contributed by atoms with Crippen molar-refractivity contribution in [2.45, 2.75) is 17.1 Å². The van der Waals surface area contributed by atoms with E-state index in [0.29, 0.717) is 30.1 Å². The van der Waals surface area contributed by atoms with Crippen LogP contribution in [0, 0.1) is 5.82 Å². The number of rotatable bonds is 8. The number of para-hydroxylation sites is 1. The van der Waals surface area contributed by atoms with E-state index in [-0.39, 0.29) is 11.7 Å². The van der Waals surface area contributed by atoms with Crippen LogP contribution in [0.2, 0.25) is 0 Å². The zero-order valence-corrected chi connectivity index (χ0v) is 17.4. The fourth-order valence-corrected chi connectivity index (χ4v) is 4.01. The number of thioether (sulfide) groups is 1. The molecule has 0 saturated carbocycles. The predicted molar refractivity (Wildman–Crippen MR) is 118 cm³/mol. The highest BCUT2D eigenvalue weighted by Gasteiger charge is 2.14. The van der Waals surface area contributed by atoms with Crippen molar-refractivity contribution in [2.75, 3.05) is 6.54 Å². The molecule has 1 N–H and O–H groups in total. The molecule has 0 fully saturated rings. The van der Waals surface area contributed by atoms with Crippen LogP contribution in [0.4, 0.5) is 4.39 Å². The molecule has 6 nitrogen and oxygen atoms in total. The maximum atomic E-state index is 13.0. The summed E-state index contributed by atoms with van der Waals surface area (Å²) in [5, 5.41) is 14.9. The molecule has 1 amide bonds. The molecule has 4 rings (SSSR count). The lowest BCUT2D eigenvalue weighted by molar-refractivity contribution is 0.0951. The van der Waals surface area contributed by atoms with Crippen molar-refractivity contribution in [2.24, 2.45) is 0 Å². The Morgan fingerprint density at radius 1 is 0.968 bits per heavy atom. The second-order valence-corrected chi connectivity index (χ2v) is 7.78. The SMILES string of the molecule is O=C(NCCc1ccc(F)cc1)c1ccccc1SCc1nnnn1-c1ccccc1. The molecule has 8 heteroatoms. The monoisotopic (exact) mass is 433 g/mol. The molecule has 0 spiro atoms. The Kier molecular flexibility index (Phi) is 6.68. The summed E-state index contributed by atoms with van der Waals surface area (Å²) in [5.41, 5.74) is 2.46. The Bertz CT molecular complexity index is 1150. The normalized spacial score (nSPS) is 10.7. The Morgan fingerprint density at radius 3 is 2.52 bits per heavy atom. The summed E-state index contributed by atoms with van der Waals surface area (Å²) < 4.78 is 14.7. The van der Waals surface area contributed by atoms with Crippen LogP contribution in [-0.4, -0.2) is 32.7 Å². The summed E-state index contributed by atoms with van der Waals surface area (Å²) in [6, 6.07) is 23.4. The van der Waals surface area contributed by atoms with E-state index in [1.54, 1.807) is 22.9 Å². The van der Waals surface area contributed by atoms with E-state index in [9.17, 15) is 9.18 Å². The second kappa shape index (κ2) is 9.99. The van der Waals surface area contributed by atoms with Crippen molar-refractivity contribution >= 4 is 17.7 Å². The number of hydrogen-bond donors (Lipinski definition) is 1. The molecule has 0 saturated heterocycles. The van der Waals surface area contributed by atoms with E-state index >= 15 is 0 Å². The molecule has 31 heavy (non-hydrogen) atoms. The van der Waals surface area contributed by atoms with Crippen molar-refractivity contribution in [1.82, 2.24) is 25.5 Å². The Hall–Kier alpha value is -3.52. The highest BCUT2D eigenvalue weighted by Crippen LogP contribution is 2.26. The summed E-state index contributed by atoms with van der Waals surface area (Å²) in [4.78, 5) is 13.6. The first-order valence-electron chi connectivity index (χ1n) is 9.78. The summed E-state index contributed by atoms with van der Waals surface area (Å²) in [7, 11) is 0. The predicted octanol–water partition coefficient (Wildman–Crippen LogP) is 4.07. The Labute approximate surface area is 183 Å². The van der Waals surface area contributed by atoms with Crippen LogP contribution < -0.4 is 5.32 Å². The minimum atomic E-state index is -0.267. The lowest BCUT2D eigenvalue weighted by atomic mass is 10.1. The third kappa shape index (κ3) is 5.35. The maximum Gasteiger partial charge on any atom is 0.252 e. The molecule has 3 aromatic carbocycles. The van der Waals surface area contributed by atoms with Crippen molar-refractivity contribution in [3.05, 3.63) is 102 Å². The van der Waals surface area contributed by atoms with Gasteiger partial charge in [0.25, 0.3) is 5.91 Å². The van der Waals surface area contributed by atoms with Gasteiger partial charge in [0.05, 0.1) is 17.0 Å². The maximum absolute atomic E-state index is 13.0. The molecule has 1 aromatic heterocycles. The van der Waals surface area contributed by atoms with Crippen LogP contribution in [-0.2, 0) is 12.2 Å². The van der Waals surface area contributed by atoms with Crippen LogP contribution in [0.15, 0.2) is 83.8 Å². The van der Waals surface area contributed by atoms with Crippen molar-refractivity contribution < 1.29 is 9.18 Å². The average molecular weight is 434 g/mol. The zero-order chi connectivity index (χ0) is 21.5. The van der Waals surface area contributed by atoms with Crippen molar-refractivity contribution in [1.29, 1.82) is 0 Å². The first kappa shape index (κ1) is 20.7. The fourth-order valence-electron chi connectivity index (χ4n) is 3.05. The van der Waals surface area contributed by atoms with Crippen molar-refractivity contribution in [3.63, 3.8) is 0 Å². The first-order valence-corrected chi connectivity index (χ1v) is 10.8. The molecule has 0 aliphatic heterocycles. The number of halogens is 1. The van der Waals surface area contributed by atoms with Crippen LogP contribution in [0.3, 0.4) is 0 Å². The molecule has 0 aliphatic carbocycles. The van der Waals surface area contributed by atoms with Crippen LogP contribution in [0.25, 0.3) is 5.69 Å². The molecule has 0 aliphatic rings. The van der Waals surface area contributed by atoms with Gasteiger partial charge in [-0.15, -0.1) is 16.9 Å². The summed E-state index contributed by atoms with van der Waals surface area (Å²) in [6.45, 7) is 0.468. The Morgan fingerprint density at radius 2 is 1.71 bits per heavy atom. The van der Waals surface area contributed by atoms with E-state index in [0.717, 1.165) is 16.1 Å². The van der Waals surface area contributed by atoms with E-state index < -0.39 is 0 Å². The first-order chi connectivity index (χ1) is 15.2. The second-order valence-electron chi connectivity index (χ2n) is 6.76. The molecular weight excluding hydrogens is 413 g/mol. The molecule has 156 valence electrons. The highest BCUT2D eigenvalue weighted by molar-refractivity contribution is 7.98. The van der Waals surface area contributed by atoms with Gasteiger partial charge in [-0.2, -0.15) is 4.68 Å². The largest absolute Gasteiger partial charge is 0.352 e. The van der Waals surface area contributed by atoms with Gasteiger partial charge in [0, 0.05) is 11.4 Å². The number of benzene rings is 3. The van der Waals surface area contributed by atoms with Gasteiger partial charge in [0.2, 0.25) is 0 Å². The average Bonchev–Trinajstić information content (AvgIpc) is 3.28. The summed E-state index contributed by atoms with van der Waals surface area (Å²) in [6.07, 6.45) is 0.632. The van der Waals surface area contributed by atoms with Crippen LogP contribution >= 0.6 is 11.8 Å². The lowest BCUT2D eigenvalue weighted by Gasteiger charge is -2.10. The number of carbonyl (C=O) groups is 1. The van der Waals surface area contributed by atoms with E-state index in [1.165, 1.54) is 23.9 Å². The summed E-state index contributed by atoms with van der Waals surface area (Å²) >= 11 is 1.51. The molecule has 0 radical (unpaired) electrons. The van der Waals surface area contributed by atoms with Gasteiger partial charge in [0.1, 0.15) is 5.82 Å². The number of hydrogen-bond acceptors (Lipinski definition) is 5. The van der Waals surface area contributed by atoms with Crippen molar-refractivity contribution in [3.8, 4) is 5.69 Å². The van der Waals surface area contributed by atoms with E-state index in [2.05, 4.69) is 20.8 Å². The van der Waals surface area contributed by atoms with Crippen LogP contribution in [0.5, 0.6) is 0 Å². The molecule has 0 atom stereocenters. The van der Waals surface area contributed by atoms with Gasteiger partial charge in [-0.1, -0.05) is 42.5 Å².